The number of hydrogen-bond acceptors (Lipinski definition) is 2. The molecule has 0 bridgehead atoms. The summed E-state index contributed by atoms with van der Waals surface area (Å²) in [5.74, 6) is 0. The minimum Gasteiger partial charge on any atom is -0.370 e. The van der Waals surface area contributed by atoms with Crippen molar-refractivity contribution in [2.45, 2.75) is 6.92 Å². The van der Waals surface area contributed by atoms with Gasteiger partial charge in [0.15, 0.2) is 0 Å². The van der Waals surface area contributed by atoms with Crippen molar-refractivity contribution in [1.29, 1.82) is 5.26 Å². The molecule has 0 radical (unpaired) electrons. The molecule has 2 nitrogen and oxygen atoms in total. The molecule has 0 aliphatic heterocycles. The third-order valence-electron chi connectivity index (χ3n) is 2.00. The number of nitriles is 1. The van der Waals surface area contributed by atoms with Crippen molar-refractivity contribution in [2.75, 3.05) is 18.5 Å². The van der Waals surface area contributed by atoms with Crippen LogP contribution >= 0.6 is 15.9 Å². The second-order valence-corrected chi connectivity index (χ2v) is 4.50. The highest BCUT2D eigenvalue weighted by Gasteiger charge is 2.07. The molecule has 15 heavy (non-hydrogen) atoms. The largest absolute Gasteiger partial charge is 0.370 e. The van der Waals surface area contributed by atoms with E-state index >= 15 is 0 Å². The lowest BCUT2D eigenvalue weighted by atomic mass is 10.1. The zero-order chi connectivity index (χ0) is 11.4. The zero-order valence-electron chi connectivity index (χ0n) is 8.92. The van der Waals surface area contributed by atoms with Gasteiger partial charge in [-0.2, -0.15) is 5.26 Å². The molecule has 1 aromatic carbocycles. The number of hydrogen-bond donors (Lipinski definition) is 0. The molecule has 3 heteroatoms. The van der Waals surface area contributed by atoms with Crippen molar-refractivity contribution in [1.82, 2.24) is 0 Å². The van der Waals surface area contributed by atoms with E-state index in [1.165, 1.54) is 0 Å². The van der Waals surface area contributed by atoms with Crippen LogP contribution in [-0.4, -0.2) is 13.6 Å². The molecule has 1 rings (SSSR count). The Bertz CT molecular complexity index is 418. The SMILES string of the molecule is C=C(C)CN(C)c1ccc(Br)cc1C#N. The van der Waals surface area contributed by atoms with Gasteiger partial charge in [0.1, 0.15) is 6.07 Å². The van der Waals surface area contributed by atoms with E-state index in [9.17, 15) is 0 Å². The molecule has 0 N–H and O–H groups in total. The third kappa shape index (κ3) is 3.10. The van der Waals surface area contributed by atoms with Crippen LogP contribution in [0.25, 0.3) is 0 Å². The van der Waals surface area contributed by atoms with E-state index in [0.717, 1.165) is 22.3 Å². The summed E-state index contributed by atoms with van der Waals surface area (Å²) in [6.07, 6.45) is 0. The standard InChI is InChI=1S/C12H13BrN2/c1-9(2)8-15(3)12-5-4-11(13)6-10(12)7-14/h4-6H,1,8H2,2-3H3. The fraction of sp³-hybridized carbons (Fsp3) is 0.250. The molecule has 0 saturated carbocycles. The molecular weight excluding hydrogens is 252 g/mol. The fourth-order valence-electron chi connectivity index (χ4n) is 1.42. The second kappa shape index (κ2) is 4.99. The molecule has 78 valence electrons. The summed E-state index contributed by atoms with van der Waals surface area (Å²) in [6.45, 7) is 6.59. The highest BCUT2D eigenvalue weighted by Crippen LogP contribution is 2.23. The topological polar surface area (TPSA) is 27.0 Å². The number of rotatable bonds is 3. The van der Waals surface area contributed by atoms with Crippen LogP contribution in [0.3, 0.4) is 0 Å². The zero-order valence-corrected chi connectivity index (χ0v) is 10.5. The van der Waals surface area contributed by atoms with Gasteiger partial charge in [0.05, 0.1) is 11.3 Å². The van der Waals surface area contributed by atoms with Crippen molar-refractivity contribution in [3.05, 3.63) is 40.4 Å². The number of nitrogens with zero attached hydrogens (tertiary/aromatic N) is 2. The monoisotopic (exact) mass is 264 g/mol. The van der Waals surface area contributed by atoms with E-state index in [0.29, 0.717) is 5.56 Å². The van der Waals surface area contributed by atoms with Gasteiger partial charge in [-0.15, -0.1) is 0 Å². The first-order chi connectivity index (χ1) is 7.04. The summed E-state index contributed by atoms with van der Waals surface area (Å²) in [4.78, 5) is 2.02. The van der Waals surface area contributed by atoms with Crippen LogP contribution in [0.1, 0.15) is 12.5 Å². The number of anilines is 1. The van der Waals surface area contributed by atoms with E-state index in [-0.39, 0.29) is 0 Å². The van der Waals surface area contributed by atoms with E-state index in [4.69, 9.17) is 5.26 Å². The van der Waals surface area contributed by atoms with Crippen molar-refractivity contribution in [3.63, 3.8) is 0 Å². The molecule has 0 spiro atoms. The quantitative estimate of drug-likeness (QED) is 0.784. The van der Waals surface area contributed by atoms with Gasteiger partial charge in [0, 0.05) is 18.1 Å². The molecule has 0 aliphatic rings. The molecule has 1 aromatic rings. The predicted octanol–water partition coefficient (Wildman–Crippen LogP) is 3.33. The smallest absolute Gasteiger partial charge is 0.101 e. The lowest BCUT2D eigenvalue weighted by Gasteiger charge is -2.20. The Kier molecular flexibility index (Phi) is 3.93. The Labute approximate surface area is 99.0 Å². The Morgan fingerprint density at radius 2 is 2.27 bits per heavy atom. The second-order valence-electron chi connectivity index (χ2n) is 3.59. The average molecular weight is 265 g/mol. The number of benzene rings is 1. The van der Waals surface area contributed by atoms with Crippen molar-refractivity contribution >= 4 is 21.6 Å². The Hall–Kier alpha value is -1.27. The maximum absolute atomic E-state index is 9.01. The molecule has 0 fully saturated rings. The fourth-order valence-corrected chi connectivity index (χ4v) is 1.78. The molecule has 0 heterocycles. The molecule has 0 aromatic heterocycles. The van der Waals surface area contributed by atoms with Crippen molar-refractivity contribution < 1.29 is 0 Å². The van der Waals surface area contributed by atoms with Gasteiger partial charge in [0.2, 0.25) is 0 Å². The Morgan fingerprint density at radius 1 is 1.60 bits per heavy atom. The van der Waals surface area contributed by atoms with E-state index in [1.807, 2.05) is 37.1 Å². The highest BCUT2D eigenvalue weighted by molar-refractivity contribution is 9.10. The van der Waals surface area contributed by atoms with Gasteiger partial charge in [0.25, 0.3) is 0 Å². The molecule has 0 aliphatic carbocycles. The van der Waals surface area contributed by atoms with Crippen LogP contribution in [0, 0.1) is 11.3 Å². The van der Waals surface area contributed by atoms with Crippen molar-refractivity contribution in [3.8, 4) is 6.07 Å². The molecule has 0 amide bonds. The van der Waals surface area contributed by atoms with Crippen LogP contribution in [-0.2, 0) is 0 Å². The molecule has 0 atom stereocenters. The Morgan fingerprint density at radius 3 is 2.80 bits per heavy atom. The van der Waals surface area contributed by atoms with Crippen LogP contribution in [0.4, 0.5) is 5.69 Å². The van der Waals surface area contributed by atoms with Crippen LogP contribution in [0.15, 0.2) is 34.8 Å². The first-order valence-corrected chi connectivity index (χ1v) is 5.39. The predicted molar refractivity (Wildman–Crippen MR) is 66.9 cm³/mol. The van der Waals surface area contributed by atoms with E-state index in [1.54, 1.807) is 0 Å². The summed E-state index contributed by atoms with van der Waals surface area (Å²) in [5.41, 5.74) is 2.68. The number of halogens is 1. The maximum Gasteiger partial charge on any atom is 0.101 e. The van der Waals surface area contributed by atoms with Crippen LogP contribution in [0.2, 0.25) is 0 Å². The normalized spacial score (nSPS) is 9.47. The number of likely N-dealkylation sites (N-methyl/N-ethyl adjacent to an activating group) is 1. The molecule has 0 unspecified atom stereocenters. The summed E-state index contributed by atoms with van der Waals surface area (Å²) in [5, 5.41) is 9.01. The van der Waals surface area contributed by atoms with Gasteiger partial charge in [-0.25, -0.2) is 0 Å². The summed E-state index contributed by atoms with van der Waals surface area (Å²) >= 11 is 3.35. The molecule has 0 saturated heterocycles. The van der Waals surface area contributed by atoms with Gasteiger partial charge in [-0.1, -0.05) is 28.1 Å². The summed E-state index contributed by atoms with van der Waals surface area (Å²) < 4.78 is 0.923. The van der Waals surface area contributed by atoms with E-state index in [2.05, 4.69) is 28.6 Å². The van der Waals surface area contributed by atoms with Crippen LogP contribution in [0.5, 0.6) is 0 Å². The average Bonchev–Trinajstić information content (AvgIpc) is 2.16. The van der Waals surface area contributed by atoms with Crippen LogP contribution < -0.4 is 4.90 Å². The van der Waals surface area contributed by atoms with Gasteiger partial charge < -0.3 is 4.90 Å². The minimum atomic E-state index is 0.674. The molecular formula is C12H13BrN2. The summed E-state index contributed by atoms with van der Waals surface area (Å²) in [6, 6.07) is 7.88. The maximum atomic E-state index is 9.01. The van der Waals surface area contributed by atoms with E-state index < -0.39 is 0 Å². The van der Waals surface area contributed by atoms with Gasteiger partial charge in [-0.3, -0.25) is 0 Å². The van der Waals surface area contributed by atoms with Gasteiger partial charge in [-0.05, 0) is 25.1 Å². The lowest BCUT2D eigenvalue weighted by Crippen LogP contribution is -2.19. The Balaban J connectivity index is 3.04. The third-order valence-corrected chi connectivity index (χ3v) is 2.49. The minimum absolute atomic E-state index is 0.674. The highest BCUT2D eigenvalue weighted by atomic mass is 79.9. The summed E-state index contributed by atoms with van der Waals surface area (Å²) in [7, 11) is 1.96. The van der Waals surface area contributed by atoms with Crippen molar-refractivity contribution in [2.24, 2.45) is 0 Å². The van der Waals surface area contributed by atoms with Gasteiger partial charge >= 0.3 is 0 Å². The first kappa shape index (κ1) is 11.8. The first-order valence-electron chi connectivity index (χ1n) is 4.59. The lowest BCUT2D eigenvalue weighted by molar-refractivity contribution is 0.982.